The smallest absolute Gasteiger partial charge is 0.293 e. The van der Waals surface area contributed by atoms with Gasteiger partial charge in [-0.15, -0.1) is 0 Å². The summed E-state index contributed by atoms with van der Waals surface area (Å²) in [5.41, 5.74) is 2.59. The normalized spacial score (nSPS) is 14.4. The number of carbonyl (C=O) groups is 3. The van der Waals surface area contributed by atoms with Crippen molar-refractivity contribution in [3.8, 4) is 5.75 Å². The van der Waals surface area contributed by atoms with Gasteiger partial charge in [-0.3, -0.25) is 19.3 Å². The maximum absolute atomic E-state index is 13.2. The summed E-state index contributed by atoms with van der Waals surface area (Å²) < 4.78 is 19.6. The molecule has 0 aromatic heterocycles. The molecule has 3 aromatic rings. The van der Waals surface area contributed by atoms with Crippen LogP contribution in [0.5, 0.6) is 5.75 Å². The van der Waals surface area contributed by atoms with Crippen LogP contribution >= 0.6 is 39.3 Å². The van der Waals surface area contributed by atoms with Crippen molar-refractivity contribution in [2.45, 2.75) is 13.5 Å². The molecule has 0 saturated carbocycles. The first-order valence-electron chi connectivity index (χ1n) is 10.7. The standard InChI is InChI=1S/C26H19BrClFN2O4S/c1-15-2-8-20(12-21(15)28)30-24(32)14-35-22-9-5-18(27)10-17(22)11-23-25(33)31(26(34)36-23)13-16-3-6-19(29)7-4-16/h2-12H,13-14H2,1H3,(H,30,32)/b23-11-. The lowest BCUT2D eigenvalue weighted by atomic mass is 10.1. The molecule has 1 heterocycles. The summed E-state index contributed by atoms with van der Waals surface area (Å²) in [7, 11) is 0. The number of ether oxygens (including phenoxy) is 1. The molecule has 1 aliphatic heterocycles. The second-order valence-electron chi connectivity index (χ2n) is 7.88. The number of halogens is 3. The Bertz CT molecular complexity index is 1380. The molecule has 6 nitrogen and oxygen atoms in total. The summed E-state index contributed by atoms with van der Waals surface area (Å²) in [6.07, 6.45) is 1.55. The Hall–Kier alpha value is -3.14. The first kappa shape index (κ1) is 25.9. The highest BCUT2D eigenvalue weighted by molar-refractivity contribution is 9.10. The minimum Gasteiger partial charge on any atom is -0.483 e. The molecule has 1 saturated heterocycles. The van der Waals surface area contributed by atoms with Gasteiger partial charge in [-0.25, -0.2) is 4.39 Å². The van der Waals surface area contributed by atoms with Crippen molar-refractivity contribution in [1.82, 2.24) is 4.90 Å². The van der Waals surface area contributed by atoms with Gasteiger partial charge in [0.05, 0.1) is 11.4 Å². The second-order valence-corrected chi connectivity index (χ2v) is 10.2. The van der Waals surface area contributed by atoms with Crippen molar-refractivity contribution in [2.24, 2.45) is 0 Å². The number of hydrogen-bond donors (Lipinski definition) is 1. The zero-order chi connectivity index (χ0) is 25.8. The molecule has 1 fully saturated rings. The van der Waals surface area contributed by atoms with Gasteiger partial charge in [-0.2, -0.15) is 0 Å². The van der Waals surface area contributed by atoms with Crippen molar-refractivity contribution in [2.75, 3.05) is 11.9 Å². The third-order valence-corrected chi connectivity index (χ3v) is 7.01. The molecule has 0 aliphatic carbocycles. The monoisotopic (exact) mass is 588 g/mol. The van der Waals surface area contributed by atoms with E-state index in [0.29, 0.717) is 27.6 Å². The fraction of sp³-hybridized carbons (Fsp3) is 0.115. The van der Waals surface area contributed by atoms with Crippen molar-refractivity contribution in [3.63, 3.8) is 0 Å². The first-order valence-corrected chi connectivity index (χ1v) is 12.7. The van der Waals surface area contributed by atoms with E-state index in [0.717, 1.165) is 26.7 Å². The first-order chi connectivity index (χ1) is 17.2. The number of aryl methyl sites for hydroxylation is 1. The highest BCUT2D eigenvalue weighted by Crippen LogP contribution is 2.35. The van der Waals surface area contributed by atoms with E-state index < -0.39 is 17.0 Å². The van der Waals surface area contributed by atoms with E-state index in [9.17, 15) is 18.8 Å². The number of hydrogen-bond acceptors (Lipinski definition) is 5. The molecule has 0 radical (unpaired) electrons. The summed E-state index contributed by atoms with van der Waals surface area (Å²) in [4.78, 5) is 39.1. The Morgan fingerprint density at radius 3 is 2.61 bits per heavy atom. The van der Waals surface area contributed by atoms with Gasteiger partial charge in [0.2, 0.25) is 0 Å². The van der Waals surface area contributed by atoms with E-state index >= 15 is 0 Å². The van der Waals surface area contributed by atoms with Gasteiger partial charge in [0.25, 0.3) is 17.1 Å². The van der Waals surface area contributed by atoms with E-state index in [1.54, 1.807) is 42.5 Å². The Labute approximate surface area is 224 Å². The van der Waals surface area contributed by atoms with Gasteiger partial charge >= 0.3 is 0 Å². The van der Waals surface area contributed by atoms with Crippen LogP contribution in [0.1, 0.15) is 16.7 Å². The molecule has 4 rings (SSSR count). The summed E-state index contributed by atoms with van der Waals surface area (Å²) >= 11 is 10.3. The van der Waals surface area contributed by atoms with E-state index in [1.165, 1.54) is 24.3 Å². The number of anilines is 1. The van der Waals surface area contributed by atoms with E-state index in [-0.39, 0.29) is 24.0 Å². The van der Waals surface area contributed by atoms with Gasteiger partial charge in [0.1, 0.15) is 11.6 Å². The zero-order valence-corrected chi connectivity index (χ0v) is 22.0. The Morgan fingerprint density at radius 2 is 1.89 bits per heavy atom. The molecule has 0 atom stereocenters. The molecule has 3 amide bonds. The van der Waals surface area contributed by atoms with Crippen molar-refractivity contribution in [3.05, 3.63) is 97.6 Å². The minimum absolute atomic E-state index is 0.0350. The van der Waals surface area contributed by atoms with Gasteiger partial charge < -0.3 is 10.1 Å². The molecular formula is C26H19BrClFN2O4S. The molecule has 1 aliphatic rings. The number of imide groups is 1. The van der Waals surface area contributed by atoms with E-state index in [2.05, 4.69) is 21.2 Å². The fourth-order valence-electron chi connectivity index (χ4n) is 3.32. The number of thioether (sulfide) groups is 1. The van der Waals surface area contributed by atoms with Crippen LogP contribution in [0, 0.1) is 12.7 Å². The summed E-state index contributed by atoms with van der Waals surface area (Å²) in [6, 6.07) is 15.9. The SMILES string of the molecule is Cc1ccc(NC(=O)COc2ccc(Br)cc2/C=C2\SC(=O)N(Cc3ccc(F)cc3)C2=O)cc1Cl. The molecule has 184 valence electrons. The Balaban J connectivity index is 1.47. The summed E-state index contributed by atoms with van der Waals surface area (Å²) in [6.45, 7) is 1.62. The maximum atomic E-state index is 13.2. The minimum atomic E-state index is -0.464. The van der Waals surface area contributed by atoms with Crippen molar-refractivity contribution >= 4 is 68.1 Å². The molecule has 1 N–H and O–H groups in total. The van der Waals surface area contributed by atoms with Crippen LogP contribution in [0.2, 0.25) is 5.02 Å². The van der Waals surface area contributed by atoms with Crippen LogP contribution in [-0.2, 0) is 16.1 Å². The highest BCUT2D eigenvalue weighted by Gasteiger charge is 2.35. The van der Waals surface area contributed by atoms with E-state index in [4.69, 9.17) is 16.3 Å². The Morgan fingerprint density at radius 1 is 1.14 bits per heavy atom. The van der Waals surface area contributed by atoms with Crippen LogP contribution in [-0.4, -0.2) is 28.6 Å². The van der Waals surface area contributed by atoms with Crippen LogP contribution in [0.15, 0.2) is 70.0 Å². The van der Waals surface area contributed by atoms with Crippen molar-refractivity contribution in [1.29, 1.82) is 0 Å². The molecule has 0 spiro atoms. The number of amides is 3. The molecule has 3 aromatic carbocycles. The third kappa shape index (κ3) is 6.34. The van der Waals surface area contributed by atoms with Gasteiger partial charge in [0, 0.05) is 20.7 Å². The number of nitrogens with zero attached hydrogens (tertiary/aromatic N) is 1. The predicted molar refractivity (Wildman–Crippen MR) is 142 cm³/mol. The lowest BCUT2D eigenvalue weighted by Crippen LogP contribution is -2.27. The second kappa shape index (κ2) is 11.3. The van der Waals surface area contributed by atoms with Gasteiger partial charge in [0.15, 0.2) is 6.61 Å². The van der Waals surface area contributed by atoms with Gasteiger partial charge in [-0.05, 0) is 78.4 Å². The zero-order valence-electron chi connectivity index (χ0n) is 18.9. The number of benzene rings is 3. The third-order valence-electron chi connectivity index (χ3n) is 5.20. The topological polar surface area (TPSA) is 75.7 Å². The van der Waals surface area contributed by atoms with Crippen LogP contribution in [0.3, 0.4) is 0 Å². The summed E-state index contributed by atoms with van der Waals surface area (Å²) in [5, 5.41) is 2.84. The Kier molecular flexibility index (Phi) is 8.13. The average Bonchev–Trinajstić information content (AvgIpc) is 3.09. The lowest BCUT2D eigenvalue weighted by Gasteiger charge is -2.13. The quantitative estimate of drug-likeness (QED) is 0.307. The number of nitrogens with one attached hydrogen (secondary N) is 1. The van der Waals surface area contributed by atoms with Crippen LogP contribution in [0.25, 0.3) is 6.08 Å². The average molecular weight is 590 g/mol. The number of carbonyl (C=O) groups excluding carboxylic acids is 3. The largest absolute Gasteiger partial charge is 0.483 e. The van der Waals surface area contributed by atoms with E-state index in [1.807, 2.05) is 6.92 Å². The van der Waals surface area contributed by atoms with Crippen LogP contribution in [0.4, 0.5) is 14.9 Å². The lowest BCUT2D eigenvalue weighted by molar-refractivity contribution is -0.123. The predicted octanol–water partition coefficient (Wildman–Crippen LogP) is 6.80. The van der Waals surface area contributed by atoms with Gasteiger partial charge in [-0.1, -0.05) is 45.7 Å². The fourth-order valence-corrected chi connectivity index (χ4v) is 4.71. The number of rotatable bonds is 7. The van der Waals surface area contributed by atoms with Crippen molar-refractivity contribution < 1.29 is 23.5 Å². The molecule has 0 bridgehead atoms. The molecule has 10 heteroatoms. The maximum Gasteiger partial charge on any atom is 0.293 e. The highest BCUT2D eigenvalue weighted by atomic mass is 79.9. The molecule has 36 heavy (non-hydrogen) atoms. The van der Waals surface area contributed by atoms with Crippen LogP contribution < -0.4 is 10.1 Å². The molecule has 0 unspecified atom stereocenters. The summed E-state index contributed by atoms with van der Waals surface area (Å²) in [5.74, 6) is -0.885. The molecular weight excluding hydrogens is 571 g/mol.